The molecule has 1 aliphatic rings. The minimum atomic E-state index is 0.591. The van der Waals surface area contributed by atoms with Crippen LogP contribution in [0.25, 0.3) is 0 Å². The average Bonchev–Trinajstić information content (AvgIpc) is 2.83. The topological polar surface area (TPSA) is 37.0 Å². The summed E-state index contributed by atoms with van der Waals surface area (Å²) in [6, 6.07) is 4.64. The lowest BCUT2D eigenvalue weighted by Gasteiger charge is -2.15. The third kappa shape index (κ3) is 4.30. The Balaban J connectivity index is 1.63. The van der Waals surface area contributed by atoms with E-state index in [0.29, 0.717) is 6.04 Å². The molecule has 0 bridgehead atoms. The average molecular weight is 249 g/mol. The third-order valence-corrected chi connectivity index (χ3v) is 3.37. The fourth-order valence-corrected chi connectivity index (χ4v) is 2.44. The van der Waals surface area contributed by atoms with E-state index in [4.69, 9.17) is 12.2 Å². The van der Waals surface area contributed by atoms with Crippen LogP contribution in [0.5, 0.6) is 0 Å². The molecule has 1 saturated carbocycles. The van der Waals surface area contributed by atoms with Crippen molar-refractivity contribution in [3.05, 3.63) is 30.1 Å². The van der Waals surface area contributed by atoms with Crippen molar-refractivity contribution in [2.45, 2.75) is 38.1 Å². The van der Waals surface area contributed by atoms with Gasteiger partial charge in [0.05, 0.1) is 0 Å². The van der Waals surface area contributed by atoms with Gasteiger partial charge in [0, 0.05) is 25.0 Å². The molecular formula is C13H19N3S. The molecule has 0 saturated heterocycles. The van der Waals surface area contributed by atoms with Crippen molar-refractivity contribution in [3.8, 4) is 0 Å². The highest BCUT2D eigenvalue weighted by atomic mass is 32.1. The first kappa shape index (κ1) is 12.3. The second-order valence-electron chi connectivity index (χ2n) is 4.49. The van der Waals surface area contributed by atoms with Crippen LogP contribution < -0.4 is 10.6 Å². The smallest absolute Gasteiger partial charge is 0.166 e. The summed E-state index contributed by atoms with van der Waals surface area (Å²) in [5.41, 5.74) is 1.24. The number of aromatic nitrogens is 1. The zero-order chi connectivity index (χ0) is 11.9. The molecule has 0 spiro atoms. The van der Waals surface area contributed by atoms with E-state index in [2.05, 4.69) is 21.7 Å². The summed E-state index contributed by atoms with van der Waals surface area (Å²) < 4.78 is 0. The van der Waals surface area contributed by atoms with Gasteiger partial charge in [0.1, 0.15) is 0 Å². The minimum absolute atomic E-state index is 0.591. The molecule has 0 aromatic carbocycles. The molecule has 0 aliphatic heterocycles. The molecule has 1 aromatic heterocycles. The van der Waals surface area contributed by atoms with Gasteiger partial charge >= 0.3 is 0 Å². The van der Waals surface area contributed by atoms with Gasteiger partial charge in [0.2, 0.25) is 0 Å². The predicted octanol–water partition coefficient (Wildman–Crippen LogP) is 2.03. The van der Waals surface area contributed by atoms with Crippen molar-refractivity contribution in [2.24, 2.45) is 0 Å². The van der Waals surface area contributed by atoms with Gasteiger partial charge in [0.25, 0.3) is 0 Å². The summed E-state index contributed by atoms with van der Waals surface area (Å²) in [4.78, 5) is 4.09. The fraction of sp³-hybridized carbons (Fsp3) is 0.538. The van der Waals surface area contributed by atoms with Crippen molar-refractivity contribution >= 4 is 17.3 Å². The molecule has 1 aromatic rings. The lowest BCUT2D eigenvalue weighted by molar-refractivity contribution is 0.621. The van der Waals surface area contributed by atoms with E-state index >= 15 is 0 Å². The first-order valence-corrected chi connectivity index (χ1v) is 6.69. The highest BCUT2D eigenvalue weighted by Gasteiger charge is 2.14. The van der Waals surface area contributed by atoms with Crippen molar-refractivity contribution in [1.82, 2.24) is 15.6 Å². The molecule has 17 heavy (non-hydrogen) atoms. The van der Waals surface area contributed by atoms with Gasteiger partial charge < -0.3 is 10.6 Å². The van der Waals surface area contributed by atoms with E-state index in [-0.39, 0.29) is 0 Å². The van der Waals surface area contributed by atoms with Crippen LogP contribution in [0.3, 0.4) is 0 Å². The lowest BCUT2D eigenvalue weighted by Crippen LogP contribution is -2.41. The van der Waals surface area contributed by atoms with E-state index in [0.717, 1.165) is 18.1 Å². The summed E-state index contributed by atoms with van der Waals surface area (Å²) >= 11 is 5.27. The molecule has 0 unspecified atom stereocenters. The van der Waals surface area contributed by atoms with Gasteiger partial charge in [-0.05, 0) is 43.1 Å². The van der Waals surface area contributed by atoms with Crippen LogP contribution in [-0.2, 0) is 6.42 Å². The summed E-state index contributed by atoms with van der Waals surface area (Å²) in [5, 5.41) is 7.41. The Morgan fingerprint density at radius 2 is 2.24 bits per heavy atom. The molecule has 0 radical (unpaired) electrons. The molecule has 1 fully saturated rings. The monoisotopic (exact) mass is 249 g/mol. The molecule has 2 rings (SSSR count). The first-order chi connectivity index (χ1) is 8.34. The van der Waals surface area contributed by atoms with Gasteiger partial charge in [-0.2, -0.15) is 0 Å². The highest BCUT2D eigenvalue weighted by Crippen LogP contribution is 2.17. The number of nitrogens with zero attached hydrogens (tertiary/aromatic N) is 1. The van der Waals surface area contributed by atoms with E-state index in [1.165, 1.54) is 31.2 Å². The zero-order valence-corrected chi connectivity index (χ0v) is 10.8. The highest BCUT2D eigenvalue weighted by molar-refractivity contribution is 7.80. The van der Waals surface area contributed by atoms with E-state index in [1.807, 2.05) is 12.3 Å². The summed E-state index contributed by atoms with van der Waals surface area (Å²) in [5.74, 6) is 0. The van der Waals surface area contributed by atoms with Gasteiger partial charge in [-0.3, -0.25) is 4.98 Å². The largest absolute Gasteiger partial charge is 0.362 e. The Hall–Kier alpha value is -1.16. The first-order valence-electron chi connectivity index (χ1n) is 6.28. The van der Waals surface area contributed by atoms with Gasteiger partial charge in [-0.25, -0.2) is 0 Å². The van der Waals surface area contributed by atoms with Crippen molar-refractivity contribution < 1.29 is 0 Å². The van der Waals surface area contributed by atoms with E-state index < -0.39 is 0 Å². The lowest BCUT2D eigenvalue weighted by atomic mass is 10.2. The molecule has 2 N–H and O–H groups in total. The third-order valence-electron chi connectivity index (χ3n) is 3.11. The van der Waals surface area contributed by atoms with Crippen LogP contribution in [0.1, 0.15) is 31.2 Å². The molecule has 3 nitrogen and oxygen atoms in total. The van der Waals surface area contributed by atoms with E-state index in [9.17, 15) is 0 Å². The normalized spacial score (nSPS) is 15.8. The second kappa shape index (κ2) is 6.55. The quantitative estimate of drug-likeness (QED) is 0.801. The molecule has 0 amide bonds. The molecule has 92 valence electrons. The van der Waals surface area contributed by atoms with Crippen LogP contribution in [0.4, 0.5) is 0 Å². The predicted molar refractivity (Wildman–Crippen MR) is 73.9 cm³/mol. The maximum absolute atomic E-state index is 5.27. The Morgan fingerprint density at radius 1 is 1.41 bits per heavy atom. The number of hydrogen-bond acceptors (Lipinski definition) is 2. The Labute approximate surface area is 108 Å². The minimum Gasteiger partial charge on any atom is -0.362 e. The Bertz CT molecular complexity index is 347. The van der Waals surface area contributed by atoms with Crippen LogP contribution in [0, 0.1) is 0 Å². The molecular weight excluding hydrogens is 230 g/mol. The van der Waals surface area contributed by atoms with Crippen molar-refractivity contribution in [2.75, 3.05) is 6.54 Å². The number of nitrogens with one attached hydrogen (secondary N) is 2. The van der Waals surface area contributed by atoms with Crippen molar-refractivity contribution in [1.29, 1.82) is 0 Å². The van der Waals surface area contributed by atoms with Gasteiger partial charge in [0.15, 0.2) is 5.11 Å². The Morgan fingerprint density at radius 3 is 2.94 bits per heavy atom. The van der Waals surface area contributed by atoms with E-state index in [1.54, 1.807) is 6.20 Å². The van der Waals surface area contributed by atoms with Gasteiger partial charge in [-0.15, -0.1) is 0 Å². The number of rotatable bonds is 4. The second-order valence-corrected chi connectivity index (χ2v) is 4.90. The van der Waals surface area contributed by atoms with Crippen LogP contribution in [0.2, 0.25) is 0 Å². The molecule has 1 heterocycles. The molecule has 1 aliphatic carbocycles. The summed E-state index contributed by atoms with van der Waals surface area (Å²) in [6.07, 6.45) is 9.82. The number of pyridine rings is 1. The van der Waals surface area contributed by atoms with Crippen LogP contribution >= 0.6 is 12.2 Å². The molecule has 4 heteroatoms. The molecule has 0 atom stereocenters. The number of thiocarbonyl (C=S) groups is 1. The van der Waals surface area contributed by atoms with Crippen LogP contribution in [-0.4, -0.2) is 22.7 Å². The maximum atomic E-state index is 5.27. The standard InChI is InChI=1S/C13H19N3S/c17-13(16-12-5-1-2-6-12)15-9-7-11-4-3-8-14-10-11/h3-4,8,10,12H,1-2,5-7,9H2,(H2,15,16,17). The van der Waals surface area contributed by atoms with Gasteiger partial charge in [-0.1, -0.05) is 18.9 Å². The SMILES string of the molecule is S=C(NCCc1cccnc1)NC1CCCC1. The summed E-state index contributed by atoms with van der Waals surface area (Å²) in [6.45, 7) is 0.865. The number of hydrogen-bond donors (Lipinski definition) is 2. The zero-order valence-electron chi connectivity index (χ0n) is 9.98. The van der Waals surface area contributed by atoms with Crippen LogP contribution in [0.15, 0.2) is 24.5 Å². The maximum Gasteiger partial charge on any atom is 0.166 e. The summed E-state index contributed by atoms with van der Waals surface area (Å²) in [7, 11) is 0. The fourth-order valence-electron chi connectivity index (χ4n) is 2.17. The Kier molecular flexibility index (Phi) is 4.74. The van der Waals surface area contributed by atoms with Crippen molar-refractivity contribution in [3.63, 3.8) is 0 Å².